The molecule has 0 aromatic heterocycles. The third kappa shape index (κ3) is 3.78. The molecule has 144 valence electrons. The number of halogens is 2. The second-order valence-corrected chi connectivity index (χ2v) is 7.49. The highest BCUT2D eigenvalue weighted by atomic mass is 35.5. The molecule has 0 aliphatic carbocycles. The van der Waals surface area contributed by atoms with E-state index < -0.39 is 36.4 Å². The zero-order valence-electron chi connectivity index (χ0n) is 14.3. The normalized spacial score (nSPS) is 32.6. The molecule has 1 aromatic carbocycles. The fourth-order valence-electron chi connectivity index (χ4n) is 3.34. The number of aliphatic hydroxyl groups excluding tert-OH is 3. The molecule has 0 radical (unpaired) electrons. The van der Waals surface area contributed by atoms with Crippen molar-refractivity contribution >= 4 is 34.8 Å². The van der Waals surface area contributed by atoms with Crippen molar-refractivity contribution in [2.45, 2.75) is 37.4 Å². The largest absolute Gasteiger partial charge is 0.388 e. The minimum Gasteiger partial charge on any atom is -0.388 e. The van der Waals surface area contributed by atoms with Gasteiger partial charge >= 0.3 is 0 Å². The quantitative estimate of drug-likeness (QED) is 0.664. The predicted octanol–water partition coefficient (Wildman–Crippen LogP) is 0.512. The third-order valence-electron chi connectivity index (χ3n) is 4.94. The minimum atomic E-state index is -1.46. The van der Waals surface area contributed by atoms with E-state index in [-0.39, 0.29) is 0 Å². The molecule has 2 fully saturated rings. The molecule has 26 heavy (non-hydrogen) atoms. The summed E-state index contributed by atoms with van der Waals surface area (Å²) in [5.74, 6) is -0.392. The minimum absolute atomic E-state index is 0.392. The van der Waals surface area contributed by atoms with Crippen molar-refractivity contribution in [2.24, 2.45) is 0 Å². The second-order valence-electron chi connectivity index (χ2n) is 6.64. The maximum Gasteiger partial charge on any atom is 0.254 e. The highest BCUT2D eigenvalue weighted by Crippen LogP contribution is 2.30. The summed E-state index contributed by atoms with van der Waals surface area (Å²) in [4.78, 5) is 16.3. The van der Waals surface area contributed by atoms with E-state index in [1.807, 2.05) is 6.07 Å². The van der Waals surface area contributed by atoms with Gasteiger partial charge < -0.3 is 29.9 Å². The number of piperazine rings is 1. The Hall–Kier alpha value is -1.09. The summed E-state index contributed by atoms with van der Waals surface area (Å²) in [6.45, 7) is 3.54. The number of amides is 1. The molecule has 2 aliphatic rings. The molecule has 9 heteroatoms. The number of ether oxygens (including phenoxy) is 1. The number of nitrogens with zero attached hydrogens (tertiary/aromatic N) is 2. The lowest BCUT2D eigenvalue weighted by Crippen LogP contribution is -2.62. The summed E-state index contributed by atoms with van der Waals surface area (Å²) in [6.07, 6.45) is -6.03. The Morgan fingerprint density at radius 2 is 1.73 bits per heavy atom. The molecule has 0 bridgehead atoms. The van der Waals surface area contributed by atoms with Crippen molar-refractivity contribution in [3.8, 4) is 0 Å². The molecule has 1 aromatic rings. The van der Waals surface area contributed by atoms with E-state index in [1.165, 1.54) is 0 Å². The number of benzene rings is 1. The van der Waals surface area contributed by atoms with Gasteiger partial charge in [0.2, 0.25) is 0 Å². The molecule has 7 nitrogen and oxygen atoms in total. The van der Waals surface area contributed by atoms with Crippen LogP contribution < -0.4 is 4.90 Å². The molecular weight excluding hydrogens is 383 g/mol. The van der Waals surface area contributed by atoms with Gasteiger partial charge in [-0.1, -0.05) is 23.2 Å². The lowest BCUT2D eigenvalue weighted by Gasteiger charge is -2.42. The molecule has 3 N–H and O–H groups in total. The summed E-state index contributed by atoms with van der Waals surface area (Å²) >= 11 is 12.2. The van der Waals surface area contributed by atoms with Gasteiger partial charge in [0.15, 0.2) is 6.10 Å². The number of carbonyl (C=O) groups excluding carboxylic acids is 1. The molecular formula is C17H22Cl2N2O5. The van der Waals surface area contributed by atoms with Crippen LogP contribution in [0.2, 0.25) is 10.0 Å². The van der Waals surface area contributed by atoms with Gasteiger partial charge in [-0.25, -0.2) is 0 Å². The third-order valence-corrected chi connectivity index (χ3v) is 5.48. The second kappa shape index (κ2) is 7.88. The van der Waals surface area contributed by atoms with Gasteiger partial charge in [0.05, 0.1) is 16.8 Å². The first-order valence-electron chi connectivity index (χ1n) is 8.48. The number of aliphatic hydroxyl groups is 3. The van der Waals surface area contributed by atoms with Crippen molar-refractivity contribution in [3.63, 3.8) is 0 Å². The molecule has 3 rings (SSSR count). The number of hydrogen-bond donors (Lipinski definition) is 3. The Morgan fingerprint density at radius 3 is 2.35 bits per heavy atom. The summed E-state index contributed by atoms with van der Waals surface area (Å²) in [5, 5.41) is 30.8. The van der Waals surface area contributed by atoms with Crippen LogP contribution in [0.1, 0.15) is 6.92 Å². The van der Waals surface area contributed by atoms with Gasteiger partial charge in [-0.3, -0.25) is 4.79 Å². The van der Waals surface area contributed by atoms with Crippen molar-refractivity contribution in [1.29, 1.82) is 0 Å². The molecule has 2 heterocycles. The Balaban J connectivity index is 1.63. The van der Waals surface area contributed by atoms with Gasteiger partial charge in [0.1, 0.15) is 18.3 Å². The van der Waals surface area contributed by atoms with E-state index >= 15 is 0 Å². The van der Waals surface area contributed by atoms with Crippen LogP contribution in [-0.4, -0.2) is 82.8 Å². The average Bonchev–Trinajstić information content (AvgIpc) is 2.62. The van der Waals surface area contributed by atoms with E-state index in [4.69, 9.17) is 27.9 Å². The summed E-state index contributed by atoms with van der Waals surface area (Å²) in [6, 6.07) is 5.28. The van der Waals surface area contributed by atoms with Crippen LogP contribution in [0.5, 0.6) is 0 Å². The van der Waals surface area contributed by atoms with Crippen molar-refractivity contribution < 1.29 is 24.9 Å². The summed E-state index contributed by atoms with van der Waals surface area (Å²) in [5.41, 5.74) is 0.851. The molecule has 5 atom stereocenters. The highest BCUT2D eigenvalue weighted by Gasteiger charge is 2.46. The standard InChI is InChI=1S/C17H22Cl2N2O5/c1-9-13(22)14(23)15(24)16(26-9)17(25)21-6-4-20(5-7-21)12-3-2-10(18)8-11(12)19/h2-3,8-9,13-16,22-24H,4-7H2,1H3/t9?,13-,14+,15+,16-/m0/s1. The lowest BCUT2D eigenvalue weighted by atomic mass is 9.95. The van der Waals surface area contributed by atoms with Gasteiger partial charge in [-0.15, -0.1) is 0 Å². The molecule has 0 spiro atoms. The van der Waals surface area contributed by atoms with Gasteiger partial charge in [-0.05, 0) is 25.1 Å². The topological polar surface area (TPSA) is 93.5 Å². The van der Waals surface area contributed by atoms with Crippen LogP contribution in [0.4, 0.5) is 5.69 Å². The molecule has 1 amide bonds. The Morgan fingerprint density at radius 1 is 1.08 bits per heavy atom. The van der Waals surface area contributed by atoms with E-state index in [0.29, 0.717) is 36.2 Å². The van der Waals surface area contributed by atoms with E-state index in [2.05, 4.69) is 4.90 Å². The van der Waals surface area contributed by atoms with Crippen molar-refractivity contribution in [2.75, 3.05) is 31.1 Å². The monoisotopic (exact) mass is 404 g/mol. The number of rotatable bonds is 2. The summed E-state index contributed by atoms with van der Waals surface area (Å²) < 4.78 is 5.44. The number of carbonyl (C=O) groups is 1. The SMILES string of the molecule is CC1O[C@H](C(=O)N2CCN(c3ccc(Cl)cc3Cl)CC2)[C@H](O)[C@H](O)[C@H]1O. The number of hydrogen-bond acceptors (Lipinski definition) is 6. The van der Waals surface area contributed by atoms with Crippen molar-refractivity contribution in [1.82, 2.24) is 4.90 Å². The lowest BCUT2D eigenvalue weighted by molar-refractivity contribution is -0.220. The summed E-state index contributed by atoms with van der Waals surface area (Å²) in [7, 11) is 0. The molecule has 2 aliphatic heterocycles. The van der Waals surface area contributed by atoms with Crippen LogP contribution in [0, 0.1) is 0 Å². The maximum atomic E-state index is 12.7. The van der Waals surface area contributed by atoms with Crippen LogP contribution in [0.15, 0.2) is 18.2 Å². The predicted molar refractivity (Wildman–Crippen MR) is 97.6 cm³/mol. The molecule has 1 unspecified atom stereocenters. The van der Waals surface area contributed by atoms with Gasteiger partial charge in [0.25, 0.3) is 5.91 Å². The first kappa shape index (κ1) is 19.7. The molecule has 2 saturated heterocycles. The van der Waals surface area contributed by atoms with Crippen LogP contribution >= 0.6 is 23.2 Å². The van der Waals surface area contributed by atoms with Gasteiger partial charge in [0, 0.05) is 31.2 Å². The average molecular weight is 405 g/mol. The van der Waals surface area contributed by atoms with Gasteiger partial charge in [-0.2, -0.15) is 0 Å². The van der Waals surface area contributed by atoms with E-state index in [9.17, 15) is 20.1 Å². The first-order valence-corrected chi connectivity index (χ1v) is 9.23. The Labute approximate surface area is 161 Å². The Kier molecular flexibility index (Phi) is 5.96. The van der Waals surface area contributed by atoms with Crippen LogP contribution in [0.3, 0.4) is 0 Å². The molecule has 0 saturated carbocycles. The zero-order valence-corrected chi connectivity index (χ0v) is 15.8. The Bertz CT molecular complexity index is 669. The highest BCUT2D eigenvalue weighted by molar-refractivity contribution is 6.36. The van der Waals surface area contributed by atoms with E-state index in [0.717, 1.165) is 5.69 Å². The smallest absolute Gasteiger partial charge is 0.254 e. The van der Waals surface area contributed by atoms with Crippen LogP contribution in [0.25, 0.3) is 0 Å². The first-order chi connectivity index (χ1) is 12.3. The number of anilines is 1. The van der Waals surface area contributed by atoms with E-state index in [1.54, 1.807) is 24.0 Å². The van der Waals surface area contributed by atoms with Crippen molar-refractivity contribution in [3.05, 3.63) is 28.2 Å². The zero-order chi connectivity index (χ0) is 19.0. The maximum absolute atomic E-state index is 12.7. The fraction of sp³-hybridized carbons (Fsp3) is 0.588. The van der Waals surface area contributed by atoms with Crippen LogP contribution in [-0.2, 0) is 9.53 Å². The fourth-order valence-corrected chi connectivity index (χ4v) is 3.87.